The number of halogens is 2. The van der Waals surface area contributed by atoms with Gasteiger partial charge in [-0.25, -0.2) is 0 Å². The third-order valence-electron chi connectivity index (χ3n) is 1.60. The number of nitrogens with zero attached hydrogens (tertiary/aromatic N) is 1. The molecule has 6 heteroatoms. The summed E-state index contributed by atoms with van der Waals surface area (Å²) in [7, 11) is 1.33. The van der Waals surface area contributed by atoms with Gasteiger partial charge in [0, 0.05) is 18.9 Å². The summed E-state index contributed by atoms with van der Waals surface area (Å²) in [4.78, 5) is 14.7. The van der Waals surface area contributed by atoms with Crippen LogP contribution < -0.4 is 5.73 Å². The molecular formula is C8H8Cl2N2O2. The van der Waals surface area contributed by atoms with E-state index >= 15 is 0 Å². The van der Waals surface area contributed by atoms with Crippen molar-refractivity contribution in [3.63, 3.8) is 0 Å². The van der Waals surface area contributed by atoms with Crippen LogP contribution >= 0.6 is 23.2 Å². The van der Waals surface area contributed by atoms with Gasteiger partial charge in [0.1, 0.15) is 5.69 Å². The maximum Gasteiger partial charge on any atom is 0.261 e. The average Bonchev–Trinajstić information content (AvgIpc) is 2.18. The van der Waals surface area contributed by atoms with Crippen LogP contribution in [0.3, 0.4) is 0 Å². The summed E-state index contributed by atoms with van der Waals surface area (Å²) in [6.45, 7) is 0. The number of ether oxygens (including phenoxy) is 1. The first-order chi connectivity index (χ1) is 6.47. The number of amides is 1. The van der Waals surface area contributed by atoms with Crippen molar-refractivity contribution in [2.45, 2.75) is 4.52 Å². The minimum absolute atomic E-state index is 0.222. The number of aromatic nitrogens is 1. The van der Waals surface area contributed by atoms with Crippen LogP contribution in [0.4, 0.5) is 0 Å². The molecule has 1 heterocycles. The van der Waals surface area contributed by atoms with E-state index in [1.54, 1.807) is 0 Å². The third-order valence-corrected chi connectivity index (χ3v) is 2.29. The molecular weight excluding hydrogens is 227 g/mol. The summed E-state index contributed by atoms with van der Waals surface area (Å²) in [5.41, 5.74) is 5.57. The highest BCUT2D eigenvalue weighted by atomic mass is 35.5. The molecule has 0 fully saturated rings. The van der Waals surface area contributed by atoms with E-state index in [4.69, 9.17) is 33.7 Å². The summed E-state index contributed by atoms with van der Waals surface area (Å²) in [6, 6.07) is 2.84. The third kappa shape index (κ3) is 2.35. The molecule has 14 heavy (non-hydrogen) atoms. The van der Waals surface area contributed by atoms with Gasteiger partial charge >= 0.3 is 0 Å². The lowest BCUT2D eigenvalue weighted by atomic mass is 10.2. The number of carbonyl (C=O) groups excluding carboxylic acids is 1. The Bertz CT molecular complexity index is 355. The van der Waals surface area contributed by atoms with Crippen molar-refractivity contribution >= 4 is 29.1 Å². The van der Waals surface area contributed by atoms with Gasteiger partial charge in [-0.05, 0) is 12.1 Å². The first kappa shape index (κ1) is 11.2. The Balaban J connectivity index is 3.12. The van der Waals surface area contributed by atoms with Gasteiger partial charge < -0.3 is 10.5 Å². The van der Waals surface area contributed by atoms with E-state index in [2.05, 4.69) is 4.98 Å². The molecule has 1 aromatic rings. The van der Waals surface area contributed by atoms with Crippen LogP contribution in [0.5, 0.6) is 0 Å². The van der Waals surface area contributed by atoms with Gasteiger partial charge in [-0.1, -0.05) is 23.2 Å². The molecule has 0 aliphatic rings. The Labute approximate surface area is 91.0 Å². The zero-order valence-corrected chi connectivity index (χ0v) is 8.84. The highest BCUT2D eigenvalue weighted by Crippen LogP contribution is 2.32. The maximum absolute atomic E-state index is 10.8. The largest absolute Gasteiger partial charge is 0.366 e. The van der Waals surface area contributed by atoms with E-state index in [1.165, 1.54) is 25.4 Å². The zero-order valence-electron chi connectivity index (χ0n) is 7.33. The molecule has 0 atom stereocenters. The van der Waals surface area contributed by atoms with Crippen molar-refractivity contribution in [3.05, 3.63) is 29.6 Å². The number of carbonyl (C=O) groups is 1. The van der Waals surface area contributed by atoms with Gasteiger partial charge in [-0.2, -0.15) is 0 Å². The Hall–Kier alpha value is -0.840. The normalized spacial score (nSPS) is 11.4. The molecule has 1 aromatic heterocycles. The van der Waals surface area contributed by atoms with Crippen molar-refractivity contribution in [2.24, 2.45) is 5.73 Å². The SMILES string of the molecule is COC(Cl)(Cl)c1cc(C(N)=O)ccn1. The summed E-state index contributed by atoms with van der Waals surface area (Å²) in [5, 5.41) is 0. The van der Waals surface area contributed by atoms with Gasteiger partial charge in [0.15, 0.2) is 0 Å². The summed E-state index contributed by atoms with van der Waals surface area (Å²) >= 11 is 11.5. The van der Waals surface area contributed by atoms with Crippen molar-refractivity contribution in [1.29, 1.82) is 0 Å². The van der Waals surface area contributed by atoms with Crippen LogP contribution in [-0.4, -0.2) is 18.0 Å². The van der Waals surface area contributed by atoms with Gasteiger partial charge in [0.2, 0.25) is 5.91 Å². The van der Waals surface area contributed by atoms with Gasteiger partial charge in [0.05, 0.1) is 0 Å². The van der Waals surface area contributed by atoms with Crippen molar-refractivity contribution in [2.75, 3.05) is 7.11 Å². The van der Waals surface area contributed by atoms with Gasteiger partial charge in [-0.3, -0.25) is 9.78 Å². The Kier molecular flexibility index (Phi) is 3.31. The van der Waals surface area contributed by atoms with Crippen molar-refractivity contribution in [1.82, 2.24) is 4.98 Å². The van der Waals surface area contributed by atoms with E-state index in [-0.39, 0.29) is 11.3 Å². The van der Waals surface area contributed by atoms with Crippen LogP contribution in [0.2, 0.25) is 0 Å². The van der Waals surface area contributed by atoms with Crippen molar-refractivity contribution in [3.8, 4) is 0 Å². The molecule has 0 radical (unpaired) electrons. The molecule has 0 aliphatic heterocycles. The molecule has 76 valence electrons. The molecule has 0 bridgehead atoms. The highest BCUT2D eigenvalue weighted by molar-refractivity contribution is 6.46. The molecule has 0 aromatic carbocycles. The average molecular weight is 235 g/mol. The predicted molar refractivity (Wildman–Crippen MR) is 53.1 cm³/mol. The lowest BCUT2D eigenvalue weighted by molar-refractivity contribution is 0.0999. The number of primary amides is 1. The summed E-state index contributed by atoms with van der Waals surface area (Å²) in [5.74, 6) is -0.575. The minimum Gasteiger partial charge on any atom is -0.366 e. The molecule has 1 rings (SSSR count). The topological polar surface area (TPSA) is 65.2 Å². The molecule has 0 aliphatic carbocycles. The van der Waals surface area contributed by atoms with Crippen LogP contribution in [0.25, 0.3) is 0 Å². The molecule has 1 amide bonds. The zero-order chi connectivity index (χ0) is 10.8. The fourth-order valence-electron chi connectivity index (χ4n) is 0.848. The van der Waals surface area contributed by atoms with Gasteiger partial charge in [0.25, 0.3) is 4.52 Å². The molecule has 0 saturated heterocycles. The van der Waals surface area contributed by atoms with Crippen LogP contribution in [-0.2, 0) is 9.26 Å². The Morgan fingerprint density at radius 3 is 2.79 bits per heavy atom. The molecule has 2 N–H and O–H groups in total. The van der Waals surface area contributed by atoms with Crippen LogP contribution in [0, 0.1) is 0 Å². The summed E-state index contributed by atoms with van der Waals surface area (Å²) < 4.78 is 3.21. The Morgan fingerprint density at radius 2 is 2.29 bits per heavy atom. The van der Waals surface area contributed by atoms with Crippen LogP contribution in [0.15, 0.2) is 18.3 Å². The molecule has 0 saturated carbocycles. The quantitative estimate of drug-likeness (QED) is 0.805. The number of hydrogen-bond acceptors (Lipinski definition) is 3. The number of hydrogen-bond donors (Lipinski definition) is 1. The fourth-order valence-corrected chi connectivity index (χ4v) is 1.05. The number of nitrogens with two attached hydrogens (primary N) is 1. The minimum atomic E-state index is -1.56. The fraction of sp³-hybridized carbons (Fsp3) is 0.250. The maximum atomic E-state index is 10.8. The van der Waals surface area contributed by atoms with E-state index in [0.29, 0.717) is 0 Å². The van der Waals surface area contributed by atoms with E-state index in [9.17, 15) is 4.79 Å². The molecule has 4 nitrogen and oxygen atoms in total. The number of rotatable bonds is 3. The van der Waals surface area contributed by atoms with E-state index < -0.39 is 10.4 Å². The predicted octanol–water partition coefficient (Wildman–Crippen LogP) is 1.41. The monoisotopic (exact) mass is 234 g/mol. The number of alkyl halides is 2. The number of pyridine rings is 1. The van der Waals surface area contributed by atoms with E-state index in [0.717, 1.165) is 0 Å². The van der Waals surface area contributed by atoms with Gasteiger partial charge in [-0.15, -0.1) is 0 Å². The first-order valence-electron chi connectivity index (χ1n) is 3.66. The standard InChI is InChI=1S/C8H8Cl2N2O2/c1-14-8(9,10)6-4-5(7(11)13)2-3-12-6/h2-4H,1H3,(H2,11,13). The second-order valence-electron chi connectivity index (χ2n) is 2.51. The van der Waals surface area contributed by atoms with Crippen molar-refractivity contribution < 1.29 is 9.53 Å². The summed E-state index contributed by atoms with van der Waals surface area (Å²) in [6.07, 6.45) is 1.38. The highest BCUT2D eigenvalue weighted by Gasteiger charge is 2.28. The molecule has 0 unspecified atom stereocenters. The molecule has 0 spiro atoms. The second kappa shape index (κ2) is 4.13. The van der Waals surface area contributed by atoms with Crippen LogP contribution in [0.1, 0.15) is 16.1 Å². The second-order valence-corrected chi connectivity index (χ2v) is 3.77. The lowest BCUT2D eigenvalue weighted by Gasteiger charge is -2.16. The Morgan fingerprint density at radius 1 is 1.64 bits per heavy atom. The smallest absolute Gasteiger partial charge is 0.261 e. The van der Waals surface area contributed by atoms with E-state index in [1.807, 2.05) is 0 Å². The first-order valence-corrected chi connectivity index (χ1v) is 4.42. The number of methoxy groups -OCH3 is 1. The lowest BCUT2D eigenvalue weighted by Crippen LogP contribution is -2.17.